The molecule has 0 saturated carbocycles. The van der Waals surface area contributed by atoms with Gasteiger partial charge in [0.1, 0.15) is 0 Å². The number of rotatable bonds is 6. The van der Waals surface area contributed by atoms with Crippen molar-refractivity contribution < 1.29 is 10.2 Å². The molecule has 0 amide bonds. The lowest BCUT2D eigenvalue weighted by Gasteiger charge is -2.04. The Bertz CT molecular complexity index is 69.6. The first-order valence-electron chi connectivity index (χ1n) is 4.49. The Kier molecular flexibility index (Phi) is 6.57. The molecule has 0 heterocycles. The van der Waals surface area contributed by atoms with Gasteiger partial charge in [-0.2, -0.15) is 0 Å². The molecule has 2 heteroatoms. The first-order chi connectivity index (χ1) is 5.13. The molecule has 0 aromatic carbocycles. The Morgan fingerprint density at radius 2 is 1.18 bits per heavy atom. The second-order valence-corrected chi connectivity index (χ2v) is 3.34. The third-order valence-electron chi connectivity index (χ3n) is 1.74. The minimum atomic E-state index is -0.165. The van der Waals surface area contributed by atoms with Crippen LogP contribution in [0.3, 0.4) is 0 Å². The van der Waals surface area contributed by atoms with Crippen molar-refractivity contribution in [3.05, 3.63) is 0 Å². The van der Waals surface area contributed by atoms with Crippen LogP contribution in [0.5, 0.6) is 0 Å². The molecule has 68 valence electrons. The molecule has 2 nitrogen and oxygen atoms in total. The fraction of sp³-hybridized carbons (Fsp3) is 1.00. The summed E-state index contributed by atoms with van der Waals surface area (Å²) in [4.78, 5) is 0. The van der Waals surface area contributed by atoms with E-state index >= 15 is 0 Å². The zero-order valence-electron chi connectivity index (χ0n) is 7.58. The molecule has 0 aromatic rings. The van der Waals surface area contributed by atoms with Gasteiger partial charge in [-0.1, -0.05) is 19.3 Å². The van der Waals surface area contributed by atoms with E-state index < -0.39 is 0 Å². The van der Waals surface area contributed by atoms with Crippen molar-refractivity contribution in [1.29, 1.82) is 0 Å². The highest BCUT2D eigenvalue weighted by Crippen LogP contribution is 2.06. The molecule has 0 spiro atoms. The second kappa shape index (κ2) is 6.62. The Morgan fingerprint density at radius 3 is 1.45 bits per heavy atom. The SMILES string of the molecule is CC(O)CCCCC[C@@H](C)O. The van der Waals surface area contributed by atoms with Crippen LogP contribution in [0.15, 0.2) is 0 Å². The summed E-state index contributed by atoms with van der Waals surface area (Å²) in [5.41, 5.74) is 0. The predicted octanol–water partition coefficient (Wildman–Crippen LogP) is 1.70. The maximum absolute atomic E-state index is 8.91. The highest BCUT2D eigenvalue weighted by Gasteiger charge is 1.97. The molecule has 0 aliphatic rings. The van der Waals surface area contributed by atoms with Crippen LogP contribution in [0.2, 0.25) is 0 Å². The summed E-state index contributed by atoms with van der Waals surface area (Å²) in [6, 6.07) is 0. The van der Waals surface area contributed by atoms with Gasteiger partial charge in [-0.3, -0.25) is 0 Å². The van der Waals surface area contributed by atoms with Crippen LogP contribution in [0.25, 0.3) is 0 Å². The molecule has 0 aromatic heterocycles. The van der Waals surface area contributed by atoms with E-state index in [9.17, 15) is 0 Å². The van der Waals surface area contributed by atoms with Gasteiger partial charge in [-0.25, -0.2) is 0 Å². The van der Waals surface area contributed by atoms with Gasteiger partial charge >= 0.3 is 0 Å². The molecule has 1 unspecified atom stereocenters. The van der Waals surface area contributed by atoms with Crippen molar-refractivity contribution in [3.8, 4) is 0 Å². The van der Waals surface area contributed by atoms with E-state index in [0.717, 1.165) is 32.1 Å². The van der Waals surface area contributed by atoms with Gasteiger partial charge in [0.25, 0.3) is 0 Å². The lowest BCUT2D eigenvalue weighted by atomic mass is 10.1. The van der Waals surface area contributed by atoms with E-state index in [1.807, 2.05) is 13.8 Å². The third-order valence-corrected chi connectivity index (χ3v) is 1.74. The third kappa shape index (κ3) is 9.92. The topological polar surface area (TPSA) is 40.5 Å². The highest BCUT2D eigenvalue weighted by atomic mass is 16.3. The van der Waals surface area contributed by atoms with Crippen molar-refractivity contribution in [2.24, 2.45) is 0 Å². The summed E-state index contributed by atoms with van der Waals surface area (Å²) in [6.07, 6.45) is 4.72. The summed E-state index contributed by atoms with van der Waals surface area (Å²) < 4.78 is 0. The Morgan fingerprint density at radius 1 is 0.818 bits per heavy atom. The summed E-state index contributed by atoms with van der Waals surface area (Å²) in [5.74, 6) is 0. The normalized spacial score (nSPS) is 16.4. The maximum atomic E-state index is 8.91. The fourth-order valence-corrected chi connectivity index (χ4v) is 1.06. The van der Waals surface area contributed by atoms with Crippen LogP contribution >= 0.6 is 0 Å². The second-order valence-electron chi connectivity index (χ2n) is 3.34. The highest BCUT2D eigenvalue weighted by molar-refractivity contribution is 4.51. The predicted molar refractivity (Wildman–Crippen MR) is 46.4 cm³/mol. The molecular weight excluding hydrogens is 140 g/mol. The molecule has 0 fully saturated rings. The van der Waals surface area contributed by atoms with E-state index in [2.05, 4.69) is 0 Å². The lowest BCUT2D eigenvalue weighted by molar-refractivity contribution is 0.171. The lowest BCUT2D eigenvalue weighted by Crippen LogP contribution is -2.00. The zero-order chi connectivity index (χ0) is 8.69. The van der Waals surface area contributed by atoms with Crippen molar-refractivity contribution in [1.82, 2.24) is 0 Å². The Labute approximate surface area is 69.2 Å². The number of unbranched alkanes of at least 4 members (excludes halogenated alkanes) is 2. The average molecular weight is 160 g/mol. The zero-order valence-corrected chi connectivity index (χ0v) is 7.58. The maximum Gasteiger partial charge on any atom is 0.0512 e. The van der Waals surface area contributed by atoms with Crippen LogP contribution in [-0.2, 0) is 0 Å². The van der Waals surface area contributed by atoms with Crippen LogP contribution in [0, 0.1) is 0 Å². The minimum absolute atomic E-state index is 0.165. The number of aliphatic hydroxyl groups excluding tert-OH is 2. The van der Waals surface area contributed by atoms with E-state index in [1.54, 1.807) is 0 Å². The number of hydrogen-bond acceptors (Lipinski definition) is 2. The smallest absolute Gasteiger partial charge is 0.0512 e. The Balaban J connectivity index is 2.91. The van der Waals surface area contributed by atoms with Crippen LogP contribution < -0.4 is 0 Å². The molecule has 0 aliphatic carbocycles. The summed E-state index contributed by atoms with van der Waals surface area (Å²) in [5, 5.41) is 17.8. The number of hydrogen-bond donors (Lipinski definition) is 2. The fourth-order valence-electron chi connectivity index (χ4n) is 1.06. The van der Waals surface area contributed by atoms with Gasteiger partial charge in [-0.15, -0.1) is 0 Å². The summed E-state index contributed by atoms with van der Waals surface area (Å²) in [6.45, 7) is 3.63. The molecule has 0 rings (SSSR count). The van der Waals surface area contributed by atoms with E-state index in [1.165, 1.54) is 0 Å². The molecular formula is C9H20O2. The molecule has 11 heavy (non-hydrogen) atoms. The summed E-state index contributed by atoms with van der Waals surface area (Å²) >= 11 is 0. The molecule has 0 aliphatic heterocycles. The van der Waals surface area contributed by atoms with Crippen molar-refractivity contribution in [3.63, 3.8) is 0 Å². The first kappa shape index (κ1) is 10.9. The van der Waals surface area contributed by atoms with Gasteiger partial charge in [0, 0.05) is 0 Å². The van der Waals surface area contributed by atoms with E-state index in [4.69, 9.17) is 10.2 Å². The summed E-state index contributed by atoms with van der Waals surface area (Å²) in [7, 11) is 0. The van der Waals surface area contributed by atoms with Crippen LogP contribution in [-0.4, -0.2) is 22.4 Å². The average Bonchev–Trinajstić information content (AvgIpc) is 1.85. The van der Waals surface area contributed by atoms with E-state index in [0.29, 0.717) is 0 Å². The van der Waals surface area contributed by atoms with Gasteiger partial charge in [0.05, 0.1) is 12.2 Å². The van der Waals surface area contributed by atoms with Crippen LogP contribution in [0.1, 0.15) is 46.0 Å². The van der Waals surface area contributed by atoms with Crippen molar-refractivity contribution in [2.45, 2.75) is 58.2 Å². The van der Waals surface area contributed by atoms with E-state index in [-0.39, 0.29) is 12.2 Å². The monoisotopic (exact) mass is 160 g/mol. The Hall–Kier alpha value is -0.0800. The molecule has 2 N–H and O–H groups in total. The van der Waals surface area contributed by atoms with Crippen molar-refractivity contribution in [2.75, 3.05) is 0 Å². The van der Waals surface area contributed by atoms with Crippen LogP contribution in [0.4, 0.5) is 0 Å². The minimum Gasteiger partial charge on any atom is -0.393 e. The molecule has 2 atom stereocenters. The standard InChI is InChI=1S/C9H20O2/c1-8(10)6-4-3-5-7-9(2)11/h8-11H,3-7H2,1-2H3/t8-,9?/m1/s1. The van der Waals surface area contributed by atoms with Gasteiger partial charge in [0.15, 0.2) is 0 Å². The molecule has 0 saturated heterocycles. The van der Waals surface area contributed by atoms with Gasteiger partial charge in [0.2, 0.25) is 0 Å². The van der Waals surface area contributed by atoms with Gasteiger partial charge < -0.3 is 10.2 Å². The van der Waals surface area contributed by atoms with Crippen molar-refractivity contribution >= 4 is 0 Å². The molecule has 0 bridgehead atoms. The largest absolute Gasteiger partial charge is 0.393 e. The number of aliphatic hydroxyl groups is 2. The first-order valence-corrected chi connectivity index (χ1v) is 4.49. The quantitative estimate of drug-likeness (QED) is 0.581. The van der Waals surface area contributed by atoms with Gasteiger partial charge in [-0.05, 0) is 26.7 Å². The molecule has 0 radical (unpaired) electrons.